The van der Waals surface area contributed by atoms with Crippen molar-refractivity contribution in [3.8, 4) is 0 Å². The van der Waals surface area contributed by atoms with E-state index in [4.69, 9.17) is 20.3 Å². The number of ether oxygens (including phenoxy) is 1. The molecular formula is C23H36NO5P. The molecule has 0 radical (unpaired) electrons. The molecular weight excluding hydrogens is 401 g/mol. The second kappa shape index (κ2) is 10.5. The molecule has 2 aliphatic carbocycles. The summed E-state index contributed by atoms with van der Waals surface area (Å²) in [5.41, 5.74) is 9.80. The van der Waals surface area contributed by atoms with E-state index in [1.165, 1.54) is 23.1 Å². The van der Waals surface area contributed by atoms with Gasteiger partial charge < -0.3 is 20.3 Å². The van der Waals surface area contributed by atoms with Crippen molar-refractivity contribution in [2.24, 2.45) is 11.7 Å². The number of unbranched alkanes of at least 4 members (excludes halogenated alkanes) is 1. The lowest BCUT2D eigenvalue weighted by Gasteiger charge is -2.26. The van der Waals surface area contributed by atoms with Gasteiger partial charge in [-0.2, -0.15) is 0 Å². The van der Waals surface area contributed by atoms with Gasteiger partial charge >= 0.3 is 7.82 Å². The fourth-order valence-electron chi connectivity index (χ4n) is 4.69. The van der Waals surface area contributed by atoms with Crippen LogP contribution in [-0.4, -0.2) is 35.1 Å². The number of phosphoric ester groups is 1. The Bertz CT molecular complexity index is 777. The highest BCUT2D eigenvalue weighted by molar-refractivity contribution is 7.46. The molecule has 0 amide bonds. The summed E-state index contributed by atoms with van der Waals surface area (Å²) in [5.74, 6) is 0.896. The summed E-state index contributed by atoms with van der Waals surface area (Å²) in [6.45, 7) is 3.59. The van der Waals surface area contributed by atoms with Gasteiger partial charge in [0.05, 0.1) is 19.8 Å². The number of fused-ring (bicyclic) bond motifs is 1. The molecule has 30 heavy (non-hydrogen) atoms. The quantitative estimate of drug-likeness (QED) is 0.288. The van der Waals surface area contributed by atoms with Crippen LogP contribution < -0.4 is 5.73 Å². The number of benzene rings is 1. The van der Waals surface area contributed by atoms with Gasteiger partial charge in [0.1, 0.15) is 0 Å². The van der Waals surface area contributed by atoms with Crippen molar-refractivity contribution in [1.82, 2.24) is 0 Å². The molecule has 0 aromatic heterocycles. The van der Waals surface area contributed by atoms with Crippen LogP contribution in [0.1, 0.15) is 68.1 Å². The molecule has 7 heteroatoms. The first kappa shape index (κ1) is 23.6. The van der Waals surface area contributed by atoms with Crippen LogP contribution in [0.3, 0.4) is 0 Å². The Morgan fingerprint density at radius 3 is 2.87 bits per heavy atom. The standard InChI is InChI=1S/C23H36NO5P/c1-2-3-4-5-12-28-16-18-6-7-20-14-21(9-8-19(20)13-18)22-10-11-23(24,15-22)17-29-30(25,26)27/h4-5,8-9,14,18,22H,2-3,6-7,10-13,15-17,24H2,1H3,(H2,25,26,27)/b5-4-/t18-,22+,23-/m1/s1. The van der Waals surface area contributed by atoms with Gasteiger partial charge in [-0.25, -0.2) is 4.57 Å². The zero-order chi connectivity index (χ0) is 21.6. The predicted molar refractivity (Wildman–Crippen MR) is 118 cm³/mol. The van der Waals surface area contributed by atoms with Gasteiger partial charge in [-0.05, 0) is 73.5 Å². The molecule has 1 aromatic rings. The van der Waals surface area contributed by atoms with Crippen LogP contribution >= 0.6 is 7.82 Å². The van der Waals surface area contributed by atoms with E-state index >= 15 is 0 Å². The molecule has 0 bridgehead atoms. The van der Waals surface area contributed by atoms with E-state index in [0.717, 1.165) is 38.7 Å². The lowest BCUT2D eigenvalue weighted by molar-refractivity contribution is 0.116. The largest absolute Gasteiger partial charge is 0.469 e. The lowest BCUT2D eigenvalue weighted by Crippen LogP contribution is -2.41. The van der Waals surface area contributed by atoms with Gasteiger partial charge in [0, 0.05) is 5.54 Å². The molecule has 1 fully saturated rings. The topological polar surface area (TPSA) is 102 Å². The molecule has 0 spiro atoms. The van der Waals surface area contributed by atoms with Crippen LogP contribution in [-0.2, 0) is 26.7 Å². The Kier molecular flexibility index (Phi) is 8.31. The minimum Gasteiger partial charge on any atom is -0.377 e. The summed E-state index contributed by atoms with van der Waals surface area (Å²) >= 11 is 0. The van der Waals surface area contributed by atoms with Crippen LogP contribution in [0.5, 0.6) is 0 Å². The summed E-state index contributed by atoms with van der Waals surface area (Å²) in [7, 11) is -4.48. The van der Waals surface area contributed by atoms with E-state index in [1.54, 1.807) is 0 Å². The van der Waals surface area contributed by atoms with Gasteiger partial charge in [-0.3, -0.25) is 4.52 Å². The summed E-state index contributed by atoms with van der Waals surface area (Å²) in [6, 6.07) is 6.77. The van der Waals surface area contributed by atoms with Gasteiger partial charge in [0.25, 0.3) is 0 Å². The lowest BCUT2D eigenvalue weighted by atomic mass is 9.82. The van der Waals surface area contributed by atoms with E-state index in [0.29, 0.717) is 31.3 Å². The van der Waals surface area contributed by atoms with E-state index in [-0.39, 0.29) is 6.61 Å². The molecule has 3 atom stereocenters. The highest BCUT2D eigenvalue weighted by Gasteiger charge is 2.38. The molecule has 0 unspecified atom stereocenters. The third-order valence-corrected chi connectivity index (χ3v) is 6.85. The first-order valence-corrected chi connectivity index (χ1v) is 12.6. The number of aryl methyl sites for hydroxylation is 1. The Hall–Kier alpha value is -1.01. The minimum absolute atomic E-state index is 0.103. The maximum absolute atomic E-state index is 11.0. The number of nitrogens with two attached hydrogens (primary N) is 1. The number of rotatable bonds is 10. The number of allylic oxidation sites excluding steroid dienone is 1. The second-order valence-electron chi connectivity index (χ2n) is 9.00. The van der Waals surface area contributed by atoms with E-state index in [9.17, 15) is 4.57 Å². The monoisotopic (exact) mass is 437 g/mol. The molecule has 0 heterocycles. The first-order chi connectivity index (χ1) is 14.3. The molecule has 168 valence electrons. The molecule has 4 N–H and O–H groups in total. The molecule has 3 rings (SSSR count). The Balaban J connectivity index is 1.51. The van der Waals surface area contributed by atoms with Crippen molar-refractivity contribution < 1.29 is 23.6 Å². The molecule has 0 aliphatic heterocycles. The Labute approximate surface area is 180 Å². The van der Waals surface area contributed by atoms with Crippen LogP contribution in [0.15, 0.2) is 30.4 Å². The van der Waals surface area contributed by atoms with Crippen molar-refractivity contribution in [3.05, 3.63) is 47.0 Å². The van der Waals surface area contributed by atoms with Crippen molar-refractivity contribution in [2.75, 3.05) is 19.8 Å². The number of hydrogen-bond donors (Lipinski definition) is 3. The summed E-state index contributed by atoms with van der Waals surface area (Å²) in [6.07, 6.45) is 12.2. The molecule has 2 aliphatic rings. The first-order valence-electron chi connectivity index (χ1n) is 11.1. The molecule has 0 saturated heterocycles. The number of hydrogen-bond acceptors (Lipinski definition) is 4. The molecule has 6 nitrogen and oxygen atoms in total. The highest BCUT2D eigenvalue weighted by atomic mass is 31.2. The van der Waals surface area contributed by atoms with Crippen molar-refractivity contribution in [3.63, 3.8) is 0 Å². The highest BCUT2D eigenvalue weighted by Crippen LogP contribution is 2.44. The maximum Gasteiger partial charge on any atom is 0.469 e. The van der Waals surface area contributed by atoms with Gasteiger partial charge in [0.2, 0.25) is 0 Å². The van der Waals surface area contributed by atoms with Gasteiger partial charge in [0.15, 0.2) is 0 Å². The predicted octanol–water partition coefficient (Wildman–Crippen LogP) is 4.24. The summed E-state index contributed by atoms with van der Waals surface area (Å²) in [4.78, 5) is 17.9. The van der Waals surface area contributed by atoms with Crippen LogP contribution in [0.4, 0.5) is 0 Å². The molecule has 1 aromatic carbocycles. The number of phosphoric acid groups is 1. The average molecular weight is 438 g/mol. The summed E-state index contributed by atoms with van der Waals surface area (Å²) in [5, 5.41) is 0. The third kappa shape index (κ3) is 7.01. The minimum atomic E-state index is -4.48. The zero-order valence-corrected chi connectivity index (χ0v) is 18.9. The Morgan fingerprint density at radius 2 is 2.10 bits per heavy atom. The van der Waals surface area contributed by atoms with Crippen LogP contribution in [0.25, 0.3) is 0 Å². The van der Waals surface area contributed by atoms with E-state index in [2.05, 4.69) is 41.8 Å². The fourth-order valence-corrected chi connectivity index (χ4v) is 5.11. The zero-order valence-electron chi connectivity index (χ0n) is 18.0. The smallest absolute Gasteiger partial charge is 0.377 e. The Morgan fingerprint density at radius 1 is 1.27 bits per heavy atom. The van der Waals surface area contributed by atoms with Gasteiger partial charge in [-0.1, -0.05) is 43.7 Å². The van der Waals surface area contributed by atoms with E-state index in [1.807, 2.05) is 0 Å². The fraction of sp³-hybridized carbons (Fsp3) is 0.652. The maximum atomic E-state index is 11.0. The summed E-state index contributed by atoms with van der Waals surface area (Å²) < 4.78 is 21.5. The molecule has 1 saturated carbocycles. The van der Waals surface area contributed by atoms with Crippen LogP contribution in [0, 0.1) is 5.92 Å². The van der Waals surface area contributed by atoms with Gasteiger partial charge in [-0.15, -0.1) is 0 Å². The van der Waals surface area contributed by atoms with Crippen molar-refractivity contribution >= 4 is 7.82 Å². The van der Waals surface area contributed by atoms with Crippen molar-refractivity contribution in [1.29, 1.82) is 0 Å². The SMILES string of the molecule is CCC/C=C\COC[C@@H]1CCc2cc([C@H]3CC[C@](N)(COP(=O)(O)O)C3)ccc2C1. The van der Waals surface area contributed by atoms with Crippen molar-refractivity contribution in [2.45, 2.75) is 69.7 Å². The van der Waals surface area contributed by atoms with Crippen LogP contribution in [0.2, 0.25) is 0 Å². The average Bonchev–Trinajstić information content (AvgIpc) is 3.11. The second-order valence-corrected chi connectivity index (χ2v) is 10.2. The third-order valence-electron chi connectivity index (χ3n) is 6.39. The van der Waals surface area contributed by atoms with E-state index < -0.39 is 13.4 Å². The normalized spacial score (nSPS) is 26.9.